The van der Waals surface area contributed by atoms with Gasteiger partial charge in [0.1, 0.15) is 11.6 Å². The summed E-state index contributed by atoms with van der Waals surface area (Å²) in [6, 6.07) is 12.5. The first-order valence-electron chi connectivity index (χ1n) is 10.1. The molecular formula is C22H26N4O2. The summed E-state index contributed by atoms with van der Waals surface area (Å²) in [5.41, 5.74) is 7.58. The molecule has 6 rings (SSSR count). The molecule has 1 aromatic carbocycles. The molecule has 146 valence electrons. The molecule has 1 amide bonds. The van der Waals surface area contributed by atoms with Crippen molar-refractivity contribution in [1.29, 1.82) is 0 Å². The third-order valence-corrected chi connectivity index (χ3v) is 6.81. The van der Waals surface area contributed by atoms with Gasteiger partial charge in [0.2, 0.25) is 0 Å². The van der Waals surface area contributed by atoms with Crippen molar-refractivity contribution in [2.45, 2.75) is 30.8 Å². The van der Waals surface area contributed by atoms with Crippen LogP contribution in [0.25, 0.3) is 0 Å². The van der Waals surface area contributed by atoms with Crippen LogP contribution in [0.3, 0.4) is 0 Å². The highest BCUT2D eigenvalue weighted by Gasteiger charge is 2.54. The van der Waals surface area contributed by atoms with Crippen molar-refractivity contribution in [3.8, 4) is 5.75 Å². The molecule has 2 aromatic rings. The number of pyridine rings is 1. The summed E-state index contributed by atoms with van der Waals surface area (Å²) in [4.78, 5) is 22.2. The van der Waals surface area contributed by atoms with Crippen LogP contribution < -0.4 is 10.5 Å². The summed E-state index contributed by atoms with van der Waals surface area (Å²) < 4.78 is 5.45. The lowest BCUT2D eigenvalue weighted by Crippen LogP contribution is -2.60. The lowest BCUT2D eigenvalue weighted by molar-refractivity contribution is -0.00342. The number of likely N-dealkylation sites (tertiary alicyclic amines) is 1. The normalized spacial score (nSPS) is 30.9. The predicted octanol–water partition coefficient (Wildman–Crippen LogP) is 2.37. The average Bonchev–Trinajstić information content (AvgIpc) is 3.18. The number of anilines is 1. The Morgan fingerprint density at radius 3 is 2.71 bits per heavy atom. The van der Waals surface area contributed by atoms with Crippen molar-refractivity contribution >= 4 is 11.7 Å². The van der Waals surface area contributed by atoms with E-state index in [1.807, 2.05) is 12.1 Å². The third-order valence-electron chi connectivity index (χ3n) is 6.81. The van der Waals surface area contributed by atoms with E-state index in [9.17, 15) is 4.79 Å². The van der Waals surface area contributed by atoms with E-state index in [2.05, 4.69) is 26.9 Å². The second kappa shape index (κ2) is 6.78. The molecule has 4 fully saturated rings. The number of aromatic nitrogens is 1. The van der Waals surface area contributed by atoms with Gasteiger partial charge in [-0.3, -0.25) is 9.69 Å². The smallest absolute Gasteiger partial charge is 0.255 e. The van der Waals surface area contributed by atoms with Crippen molar-refractivity contribution in [2.24, 2.45) is 5.92 Å². The summed E-state index contributed by atoms with van der Waals surface area (Å²) in [5.74, 6) is 2.26. The number of fused-ring (bicyclic) bond motifs is 2. The Kier molecular flexibility index (Phi) is 4.23. The first-order chi connectivity index (χ1) is 13.7. The lowest BCUT2D eigenvalue weighted by Gasteiger charge is -2.51. The van der Waals surface area contributed by atoms with Gasteiger partial charge in [0.25, 0.3) is 5.91 Å². The molecule has 2 N–H and O–H groups in total. The van der Waals surface area contributed by atoms with E-state index in [-0.39, 0.29) is 11.9 Å². The number of benzene rings is 1. The molecule has 5 heterocycles. The maximum Gasteiger partial charge on any atom is 0.255 e. The molecule has 4 aliphatic heterocycles. The minimum Gasteiger partial charge on any atom is -0.497 e. The van der Waals surface area contributed by atoms with Gasteiger partial charge >= 0.3 is 0 Å². The highest BCUT2D eigenvalue weighted by atomic mass is 16.5. The number of rotatable bonds is 3. The van der Waals surface area contributed by atoms with Gasteiger partial charge in [-0.25, -0.2) is 4.98 Å². The summed E-state index contributed by atoms with van der Waals surface area (Å²) >= 11 is 0. The molecule has 4 saturated heterocycles. The number of nitrogen functional groups attached to an aromatic ring is 1. The van der Waals surface area contributed by atoms with Gasteiger partial charge in [-0.05, 0) is 61.7 Å². The Bertz CT molecular complexity index is 876. The number of piperidine rings is 3. The van der Waals surface area contributed by atoms with Gasteiger partial charge in [0.15, 0.2) is 0 Å². The van der Waals surface area contributed by atoms with Gasteiger partial charge in [-0.1, -0.05) is 12.1 Å². The standard InChI is InChI=1S/C22H26N4O2/c1-28-17-4-2-3-15(11-17)18-13-26(22(27)16-5-6-19(23)24-12-16)20-14-7-9-25(10-8-14)21(18)20/h2-6,11-12,14,18,20-21H,7-10,13H2,1H3,(H2,23,24)/t18-,20-,21-/m1/s1. The van der Waals surface area contributed by atoms with Crippen LogP contribution in [0.1, 0.15) is 34.7 Å². The fraction of sp³-hybridized carbons (Fsp3) is 0.455. The zero-order valence-electron chi connectivity index (χ0n) is 16.1. The molecule has 0 radical (unpaired) electrons. The molecule has 3 atom stereocenters. The van der Waals surface area contributed by atoms with Gasteiger partial charge in [0, 0.05) is 24.7 Å². The fourth-order valence-corrected chi connectivity index (χ4v) is 5.52. The number of ether oxygens (including phenoxy) is 1. The van der Waals surface area contributed by atoms with Crippen LogP contribution in [0.5, 0.6) is 5.75 Å². The number of hydrogen-bond acceptors (Lipinski definition) is 5. The number of carbonyl (C=O) groups excluding carboxylic acids is 1. The zero-order chi connectivity index (χ0) is 19.3. The minimum atomic E-state index is 0.0710. The van der Waals surface area contributed by atoms with Gasteiger partial charge in [-0.2, -0.15) is 0 Å². The molecule has 0 saturated carbocycles. The van der Waals surface area contributed by atoms with E-state index in [1.165, 1.54) is 18.4 Å². The molecule has 0 aliphatic carbocycles. The van der Waals surface area contributed by atoms with E-state index < -0.39 is 0 Å². The molecule has 2 bridgehead atoms. The molecule has 6 heteroatoms. The molecule has 28 heavy (non-hydrogen) atoms. The van der Waals surface area contributed by atoms with Crippen molar-refractivity contribution in [1.82, 2.24) is 14.8 Å². The van der Waals surface area contributed by atoms with Gasteiger partial charge in [-0.15, -0.1) is 0 Å². The van der Waals surface area contributed by atoms with Crippen LogP contribution >= 0.6 is 0 Å². The Morgan fingerprint density at radius 2 is 2.00 bits per heavy atom. The highest BCUT2D eigenvalue weighted by Crippen LogP contribution is 2.47. The van der Waals surface area contributed by atoms with Crippen molar-refractivity contribution in [3.05, 3.63) is 53.7 Å². The molecule has 0 spiro atoms. The topological polar surface area (TPSA) is 71.7 Å². The van der Waals surface area contributed by atoms with Crippen molar-refractivity contribution < 1.29 is 9.53 Å². The fourth-order valence-electron chi connectivity index (χ4n) is 5.52. The van der Waals surface area contributed by atoms with Crippen LogP contribution in [0.15, 0.2) is 42.6 Å². The zero-order valence-corrected chi connectivity index (χ0v) is 16.1. The Hall–Kier alpha value is -2.60. The quantitative estimate of drug-likeness (QED) is 0.888. The number of amides is 1. The average molecular weight is 378 g/mol. The van der Waals surface area contributed by atoms with E-state index in [1.54, 1.807) is 25.4 Å². The Morgan fingerprint density at radius 1 is 1.18 bits per heavy atom. The SMILES string of the molecule is COc1cccc([C@H]2CN(C(=O)c3ccc(N)nc3)[C@@H]3C4CCN(CC4)[C@H]23)c1. The highest BCUT2D eigenvalue weighted by molar-refractivity contribution is 5.94. The number of nitrogens with zero attached hydrogens (tertiary/aromatic N) is 3. The van der Waals surface area contributed by atoms with E-state index >= 15 is 0 Å². The molecule has 1 aromatic heterocycles. The number of hydrogen-bond donors (Lipinski definition) is 1. The number of methoxy groups -OCH3 is 1. The van der Waals surface area contributed by atoms with Crippen LogP contribution in [-0.2, 0) is 0 Å². The van der Waals surface area contributed by atoms with Crippen LogP contribution in [0, 0.1) is 5.92 Å². The maximum atomic E-state index is 13.4. The lowest BCUT2D eigenvalue weighted by atomic mass is 9.75. The second-order valence-corrected chi connectivity index (χ2v) is 8.17. The summed E-state index contributed by atoms with van der Waals surface area (Å²) in [6.45, 7) is 3.01. The van der Waals surface area contributed by atoms with Crippen LogP contribution in [-0.4, -0.2) is 59.5 Å². The van der Waals surface area contributed by atoms with Gasteiger partial charge < -0.3 is 15.4 Å². The van der Waals surface area contributed by atoms with E-state index in [0.717, 1.165) is 25.4 Å². The van der Waals surface area contributed by atoms with E-state index in [0.29, 0.717) is 29.3 Å². The molecule has 4 aliphatic rings. The summed E-state index contributed by atoms with van der Waals surface area (Å²) in [5, 5.41) is 0. The minimum absolute atomic E-state index is 0.0710. The first-order valence-corrected chi connectivity index (χ1v) is 10.1. The van der Waals surface area contributed by atoms with Crippen molar-refractivity contribution in [2.75, 3.05) is 32.5 Å². The third kappa shape index (κ3) is 2.75. The van der Waals surface area contributed by atoms with E-state index in [4.69, 9.17) is 10.5 Å². The summed E-state index contributed by atoms with van der Waals surface area (Å²) in [7, 11) is 1.70. The first kappa shape index (κ1) is 17.5. The Labute approximate surface area is 165 Å². The van der Waals surface area contributed by atoms with Crippen molar-refractivity contribution in [3.63, 3.8) is 0 Å². The molecular weight excluding hydrogens is 352 g/mol. The van der Waals surface area contributed by atoms with Crippen LogP contribution in [0.2, 0.25) is 0 Å². The largest absolute Gasteiger partial charge is 0.497 e. The number of carbonyl (C=O) groups is 1. The number of nitrogens with two attached hydrogens (primary N) is 1. The van der Waals surface area contributed by atoms with Gasteiger partial charge in [0.05, 0.1) is 18.7 Å². The second-order valence-electron chi connectivity index (χ2n) is 8.17. The molecule has 6 nitrogen and oxygen atoms in total. The maximum absolute atomic E-state index is 13.4. The predicted molar refractivity (Wildman–Crippen MR) is 107 cm³/mol. The van der Waals surface area contributed by atoms with Crippen LogP contribution in [0.4, 0.5) is 5.82 Å². The summed E-state index contributed by atoms with van der Waals surface area (Å²) in [6.07, 6.45) is 3.96. The molecule has 0 unspecified atom stereocenters. The monoisotopic (exact) mass is 378 g/mol. The Balaban J connectivity index is 1.51.